The van der Waals surface area contributed by atoms with Crippen LogP contribution < -0.4 is 0 Å². The zero-order valence-corrected chi connectivity index (χ0v) is 9.19. The number of hydrogen-bond acceptors (Lipinski definition) is 1. The van der Waals surface area contributed by atoms with Crippen LogP contribution >= 0.6 is 23.8 Å². The Morgan fingerprint density at radius 2 is 1.93 bits per heavy atom. The Labute approximate surface area is 92.2 Å². The second kappa shape index (κ2) is 3.59. The molecule has 0 fully saturated rings. The number of hydrogen-bond donors (Lipinski definition) is 1. The molecule has 72 valence electrons. The minimum absolute atomic E-state index is 0.699. The molecular weight excluding hydrogens is 216 g/mol. The Balaban J connectivity index is 2.60. The number of nitrogens with one attached hydrogen (secondary N) is 1. The lowest BCUT2D eigenvalue weighted by Gasteiger charge is -2.04. The molecule has 0 spiro atoms. The fourth-order valence-corrected chi connectivity index (χ4v) is 1.80. The lowest BCUT2D eigenvalue weighted by molar-refractivity contribution is 0.985. The van der Waals surface area contributed by atoms with E-state index in [0.29, 0.717) is 4.77 Å². The lowest BCUT2D eigenvalue weighted by Crippen LogP contribution is -1.95. The summed E-state index contributed by atoms with van der Waals surface area (Å²) in [6.07, 6.45) is 1.89. The molecule has 0 atom stereocenters. The third-order valence-corrected chi connectivity index (χ3v) is 2.60. The number of rotatable bonds is 1. The van der Waals surface area contributed by atoms with Crippen LogP contribution in [-0.2, 0) is 0 Å². The van der Waals surface area contributed by atoms with Crippen LogP contribution in [0.5, 0.6) is 0 Å². The molecule has 0 unspecified atom stereocenters. The maximum Gasteiger partial charge on any atom is 0.182 e. The summed E-state index contributed by atoms with van der Waals surface area (Å²) < 4.78 is 2.66. The number of H-pyrrole nitrogens is 1. The maximum absolute atomic E-state index is 5.81. The summed E-state index contributed by atoms with van der Waals surface area (Å²) in [6, 6.07) is 7.59. The SMILES string of the molecule is Cc1c[nH]c(=S)n1-c1ccc(Cl)cc1. The standard InChI is InChI=1S/C10H9ClN2S/c1-7-6-12-10(14)13(7)9-4-2-8(11)3-5-9/h2-6H,1H3,(H,12,14). The van der Waals surface area contributed by atoms with Crippen molar-refractivity contribution in [2.75, 3.05) is 0 Å². The smallest absolute Gasteiger partial charge is 0.182 e. The van der Waals surface area contributed by atoms with Crippen molar-refractivity contribution in [3.63, 3.8) is 0 Å². The summed E-state index contributed by atoms with van der Waals surface area (Å²) in [6.45, 7) is 2.00. The van der Waals surface area contributed by atoms with Crippen molar-refractivity contribution in [1.29, 1.82) is 0 Å². The van der Waals surface area contributed by atoms with E-state index in [4.69, 9.17) is 23.8 Å². The second-order valence-electron chi connectivity index (χ2n) is 3.05. The van der Waals surface area contributed by atoms with Gasteiger partial charge >= 0.3 is 0 Å². The molecule has 14 heavy (non-hydrogen) atoms. The van der Waals surface area contributed by atoms with Gasteiger partial charge in [-0.3, -0.25) is 4.57 Å². The number of benzene rings is 1. The number of imidazole rings is 1. The molecule has 0 bridgehead atoms. The first-order valence-electron chi connectivity index (χ1n) is 4.21. The largest absolute Gasteiger partial charge is 0.337 e. The van der Waals surface area contributed by atoms with Gasteiger partial charge in [0.1, 0.15) is 0 Å². The Kier molecular flexibility index (Phi) is 2.44. The van der Waals surface area contributed by atoms with Crippen molar-refractivity contribution >= 4 is 23.8 Å². The zero-order valence-electron chi connectivity index (χ0n) is 7.62. The normalized spacial score (nSPS) is 10.4. The Morgan fingerprint density at radius 3 is 2.43 bits per heavy atom. The van der Waals surface area contributed by atoms with Crippen molar-refractivity contribution in [2.45, 2.75) is 6.92 Å². The highest BCUT2D eigenvalue weighted by molar-refractivity contribution is 7.71. The lowest BCUT2D eigenvalue weighted by atomic mass is 10.3. The molecule has 2 aromatic rings. The van der Waals surface area contributed by atoms with Crippen molar-refractivity contribution < 1.29 is 0 Å². The number of aryl methyl sites for hydroxylation is 1. The zero-order chi connectivity index (χ0) is 10.1. The molecule has 0 aliphatic heterocycles. The first kappa shape index (κ1) is 9.49. The third kappa shape index (κ3) is 1.61. The van der Waals surface area contributed by atoms with Gasteiger partial charge in [0.2, 0.25) is 0 Å². The second-order valence-corrected chi connectivity index (χ2v) is 3.87. The van der Waals surface area contributed by atoms with Crippen LogP contribution in [0.4, 0.5) is 0 Å². The summed E-state index contributed by atoms with van der Waals surface area (Å²) in [5, 5.41) is 0.730. The molecule has 0 aliphatic carbocycles. The van der Waals surface area contributed by atoms with Gasteiger partial charge in [0, 0.05) is 22.6 Å². The van der Waals surface area contributed by atoms with E-state index in [0.717, 1.165) is 16.4 Å². The molecule has 0 amide bonds. The van der Waals surface area contributed by atoms with Crippen LogP contribution in [0.15, 0.2) is 30.5 Å². The highest BCUT2D eigenvalue weighted by atomic mass is 35.5. The van der Waals surface area contributed by atoms with Crippen molar-refractivity contribution in [2.24, 2.45) is 0 Å². The number of aromatic amines is 1. The van der Waals surface area contributed by atoms with E-state index < -0.39 is 0 Å². The molecular formula is C10H9ClN2S. The minimum atomic E-state index is 0.699. The summed E-state index contributed by atoms with van der Waals surface area (Å²) in [4.78, 5) is 2.99. The van der Waals surface area contributed by atoms with Crippen LogP contribution in [0.1, 0.15) is 5.69 Å². The monoisotopic (exact) mass is 224 g/mol. The van der Waals surface area contributed by atoms with E-state index in [1.165, 1.54) is 0 Å². The average molecular weight is 225 g/mol. The van der Waals surface area contributed by atoms with E-state index in [2.05, 4.69) is 4.98 Å². The van der Waals surface area contributed by atoms with Crippen LogP contribution in [0.25, 0.3) is 5.69 Å². The van der Waals surface area contributed by atoms with Gasteiger partial charge in [0.05, 0.1) is 0 Å². The molecule has 4 heteroatoms. The predicted octanol–water partition coefficient (Wildman–Crippen LogP) is 3.50. The minimum Gasteiger partial charge on any atom is -0.337 e. The molecule has 2 rings (SSSR count). The fraction of sp³-hybridized carbons (Fsp3) is 0.100. The fourth-order valence-electron chi connectivity index (χ4n) is 1.37. The Morgan fingerprint density at radius 1 is 1.29 bits per heavy atom. The third-order valence-electron chi connectivity index (χ3n) is 2.05. The maximum atomic E-state index is 5.81. The predicted molar refractivity (Wildman–Crippen MR) is 60.7 cm³/mol. The van der Waals surface area contributed by atoms with Crippen LogP contribution in [0, 0.1) is 11.7 Å². The van der Waals surface area contributed by atoms with E-state index >= 15 is 0 Å². The van der Waals surface area contributed by atoms with Gasteiger partial charge in [-0.15, -0.1) is 0 Å². The Hall–Kier alpha value is -1.06. The van der Waals surface area contributed by atoms with Gasteiger partial charge in [-0.25, -0.2) is 0 Å². The van der Waals surface area contributed by atoms with Crippen molar-refractivity contribution in [3.8, 4) is 5.69 Å². The van der Waals surface area contributed by atoms with Gasteiger partial charge in [0.25, 0.3) is 0 Å². The number of aromatic nitrogens is 2. The molecule has 0 saturated carbocycles. The summed E-state index contributed by atoms with van der Waals surface area (Å²) in [5.74, 6) is 0. The summed E-state index contributed by atoms with van der Waals surface area (Å²) in [5.41, 5.74) is 2.11. The van der Waals surface area contributed by atoms with E-state index in [9.17, 15) is 0 Å². The average Bonchev–Trinajstić information content (AvgIpc) is 2.49. The number of halogens is 1. The van der Waals surface area contributed by atoms with Gasteiger partial charge in [-0.1, -0.05) is 11.6 Å². The molecule has 2 nitrogen and oxygen atoms in total. The summed E-state index contributed by atoms with van der Waals surface area (Å²) in [7, 11) is 0. The first-order valence-corrected chi connectivity index (χ1v) is 5.00. The van der Waals surface area contributed by atoms with Crippen LogP contribution in [0.3, 0.4) is 0 Å². The van der Waals surface area contributed by atoms with Crippen LogP contribution in [-0.4, -0.2) is 9.55 Å². The quantitative estimate of drug-likeness (QED) is 0.736. The van der Waals surface area contributed by atoms with Gasteiger partial charge in [0.15, 0.2) is 4.77 Å². The topological polar surface area (TPSA) is 20.7 Å². The summed E-state index contributed by atoms with van der Waals surface area (Å²) >= 11 is 11.0. The van der Waals surface area contributed by atoms with Crippen LogP contribution in [0.2, 0.25) is 5.02 Å². The van der Waals surface area contributed by atoms with Gasteiger partial charge < -0.3 is 4.98 Å². The molecule has 1 aromatic heterocycles. The van der Waals surface area contributed by atoms with E-state index in [1.807, 2.05) is 42.0 Å². The van der Waals surface area contributed by atoms with Gasteiger partial charge in [-0.2, -0.15) is 0 Å². The molecule has 0 radical (unpaired) electrons. The number of nitrogens with zero attached hydrogens (tertiary/aromatic N) is 1. The molecule has 0 aliphatic rings. The van der Waals surface area contributed by atoms with Crippen molar-refractivity contribution in [3.05, 3.63) is 45.9 Å². The Bertz CT molecular complexity index is 496. The molecule has 1 N–H and O–H groups in total. The van der Waals surface area contributed by atoms with E-state index in [-0.39, 0.29) is 0 Å². The first-order chi connectivity index (χ1) is 6.68. The molecule has 1 heterocycles. The molecule has 0 saturated heterocycles. The molecule has 1 aromatic carbocycles. The van der Waals surface area contributed by atoms with E-state index in [1.54, 1.807) is 0 Å². The highest BCUT2D eigenvalue weighted by Gasteiger charge is 2.01. The highest BCUT2D eigenvalue weighted by Crippen LogP contribution is 2.15. The van der Waals surface area contributed by atoms with Crippen molar-refractivity contribution in [1.82, 2.24) is 9.55 Å². The van der Waals surface area contributed by atoms with Gasteiger partial charge in [-0.05, 0) is 43.4 Å².